The number of ether oxygens (including phenoxy) is 3. The van der Waals surface area contributed by atoms with Crippen molar-refractivity contribution in [1.82, 2.24) is 10.3 Å². The van der Waals surface area contributed by atoms with Gasteiger partial charge in [0.1, 0.15) is 18.2 Å². The van der Waals surface area contributed by atoms with Crippen LogP contribution in [0.5, 0.6) is 5.75 Å². The van der Waals surface area contributed by atoms with Crippen LogP contribution in [0.1, 0.15) is 32.8 Å². The number of aromatic nitrogens is 1. The maximum atomic E-state index is 12.2. The van der Waals surface area contributed by atoms with Gasteiger partial charge in [0.25, 0.3) is 0 Å². The van der Waals surface area contributed by atoms with Crippen molar-refractivity contribution in [3.63, 3.8) is 0 Å². The minimum Gasteiger partial charge on any atom is -0.480 e. The maximum absolute atomic E-state index is 12.2. The molecule has 35 heavy (non-hydrogen) atoms. The first-order valence-corrected chi connectivity index (χ1v) is 10.5. The van der Waals surface area contributed by atoms with Crippen molar-refractivity contribution in [3.05, 3.63) is 54.4 Å². The van der Waals surface area contributed by atoms with Crippen LogP contribution in [0.25, 0.3) is 0 Å². The molecule has 0 spiro atoms. The van der Waals surface area contributed by atoms with Gasteiger partial charge in [0.15, 0.2) is 11.9 Å². The van der Waals surface area contributed by atoms with Crippen molar-refractivity contribution in [2.45, 2.75) is 51.5 Å². The number of carboxylic acids is 2. The van der Waals surface area contributed by atoms with Gasteiger partial charge < -0.3 is 29.7 Å². The number of carbonyl (C=O) groups excluding carboxylic acids is 2. The molecule has 0 saturated heterocycles. The lowest BCUT2D eigenvalue weighted by molar-refractivity contribution is -0.147. The lowest BCUT2D eigenvalue weighted by Crippen LogP contribution is -2.47. The number of rotatable bonds is 10. The number of aliphatic carboxylic acids is 2. The summed E-state index contributed by atoms with van der Waals surface area (Å²) in [5, 5.41) is 23.6. The summed E-state index contributed by atoms with van der Waals surface area (Å²) in [5.74, 6) is -3.12. The third kappa shape index (κ3) is 9.58. The number of anilines is 1. The summed E-state index contributed by atoms with van der Waals surface area (Å²) in [7, 11) is 0. The van der Waals surface area contributed by atoms with Crippen LogP contribution in [-0.4, -0.2) is 57.1 Å². The van der Waals surface area contributed by atoms with E-state index < -0.39 is 48.3 Å². The van der Waals surface area contributed by atoms with Gasteiger partial charge in [0, 0.05) is 12.6 Å². The molecule has 12 nitrogen and oxygen atoms in total. The Morgan fingerprint density at radius 3 is 2.29 bits per heavy atom. The second kappa shape index (κ2) is 12.2. The average molecular weight is 489 g/mol. The van der Waals surface area contributed by atoms with Crippen LogP contribution >= 0.6 is 0 Å². The average Bonchev–Trinajstić information content (AvgIpc) is 2.77. The summed E-state index contributed by atoms with van der Waals surface area (Å²) >= 11 is 0. The van der Waals surface area contributed by atoms with Gasteiger partial charge in [0.05, 0.1) is 11.9 Å². The summed E-state index contributed by atoms with van der Waals surface area (Å²) in [5.41, 5.74) is -0.0744. The number of carboxylic acid groups (broad SMARTS) is 2. The van der Waals surface area contributed by atoms with Gasteiger partial charge in [0.2, 0.25) is 0 Å². The number of benzene rings is 1. The fraction of sp³-hybridized carbons (Fsp3) is 0.348. The van der Waals surface area contributed by atoms with Crippen molar-refractivity contribution >= 4 is 29.8 Å². The Morgan fingerprint density at radius 2 is 1.69 bits per heavy atom. The molecular weight excluding hydrogens is 462 g/mol. The van der Waals surface area contributed by atoms with Gasteiger partial charge in [-0.05, 0) is 32.4 Å². The lowest BCUT2D eigenvalue weighted by atomic mass is 10.1. The van der Waals surface area contributed by atoms with E-state index >= 15 is 0 Å². The van der Waals surface area contributed by atoms with Crippen molar-refractivity contribution in [2.75, 3.05) is 5.32 Å². The molecule has 0 bridgehead atoms. The van der Waals surface area contributed by atoms with Gasteiger partial charge in [-0.2, -0.15) is 0 Å². The van der Waals surface area contributed by atoms with Crippen molar-refractivity contribution in [1.29, 1.82) is 0 Å². The normalized spacial score (nSPS) is 12.5. The quantitative estimate of drug-likeness (QED) is 0.388. The number of pyridine rings is 1. The Hall–Kier alpha value is -4.35. The number of hydrogen-bond acceptors (Lipinski definition) is 8. The topological polar surface area (TPSA) is 173 Å². The summed E-state index contributed by atoms with van der Waals surface area (Å²) in [6, 6.07) is 8.67. The van der Waals surface area contributed by atoms with Crippen LogP contribution < -0.4 is 15.4 Å². The highest BCUT2D eigenvalue weighted by atomic mass is 16.6. The number of nitrogens with zero attached hydrogens (tertiary/aromatic N) is 1. The molecule has 2 aromatic rings. The molecule has 2 amide bonds. The van der Waals surface area contributed by atoms with Crippen LogP contribution in [0.3, 0.4) is 0 Å². The predicted molar refractivity (Wildman–Crippen MR) is 122 cm³/mol. The summed E-state index contributed by atoms with van der Waals surface area (Å²) in [6.07, 6.45) is -1.72. The molecule has 0 saturated carbocycles. The fourth-order valence-electron chi connectivity index (χ4n) is 2.68. The number of amides is 2. The van der Waals surface area contributed by atoms with Gasteiger partial charge in [-0.1, -0.05) is 30.3 Å². The Kier molecular flexibility index (Phi) is 9.38. The zero-order valence-corrected chi connectivity index (χ0v) is 19.4. The van der Waals surface area contributed by atoms with Gasteiger partial charge in [-0.15, -0.1) is 0 Å². The number of alkyl carbamates (subject to hydrolysis) is 1. The van der Waals surface area contributed by atoms with Gasteiger partial charge in [-0.3, -0.25) is 10.3 Å². The highest BCUT2D eigenvalue weighted by Gasteiger charge is 2.32. The first kappa shape index (κ1) is 26.9. The molecule has 1 heterocycles. The number of carbonyl (C=O) groups is 4. The van der Waals surface area contributed by atoms with E-state index in [1.165, 1.54) is 12.3 Å². The third-order valence-electron chi connectivity index (χ3n) is 4.22. The van der Waals surface area contributed by atoms with Gasteiger partial charge >= 0.3 is 24.1 Å². The molecule has 1 aromatic heterocycles. The minimum absolute atomic E-state index is 0.00231. The fourth-order valence-corrected chi connectivity index (χ4v) is 2.68. The Morgan fingerprint density at radius 1 is 1.00 bits per heavy atom. The largest absolute Gasteiger partial charge is 0.480 e. The van der Waals surface area contributed by atoms with E-state index in [0.29, 0.717) is 0 Å². The van der Waals surface area contributed by atoms with E-state index in [9.17, 15) is 29.4 Å². The van der Waals surface area contributed by atoms with E-state index in [2.05, 4.69) is 15.6 Å². The molecule has 0 aliphatic carbocycles. The monoisotopic (exact) mass is 489 g/mol. The first-order valence-electron chi connectivity index (χ1n) is 10.5. The lowest BCUT2D eigenvalue weighted by Gasteiger charge is -2.24. The maximum Gasteiger partial charge on any atom is 0.412 e. The van der Waals surface area contributed by atoms with Gasteiger partial charge in [-0.25, -0.2) is 19.2 Å². The molecular formula is C23H27N3O9. The molecule has 188 valence electrons. The molecule has 2 unspecified atom stereocenters. The standard InChI is InChI=1S/C23H27N3O9/c1-23(2,3)35-22(32)26-16(19(27)28)11-17(20(29)30)34-18-12-24-10-9-15(18)25-21(31)33-13-14-7-5-4-6-8-14/h4-10,12,16-17H,11,13H2,1-3H3,(H,26,32)(H,27,28)(H,29,30)(H,24,25,31). The summed E-state index contributed by atoms with van der Waals surface area (Å²) in [4.78, 5) is 51.4. The van der Waals surface area contributed by atoms with E-state index in [1.807, 2.05) is 6.07 Å². The molecule has 0 aliphatic heterocycles. The van der Waals surface area contributed by atoms with E-state index in [4.69, 9.17) is 14.2 Å². The van der Waals surface area contributed by atoms with Crippen LogP contribution in [-0.2, 0) is 25.7 Å². The number of nitrogens with one attached hydrogen (secondary N) is 2. The third-order valence-corrected chi connectivity index (χ3v) is 4.22. The van der Waals surface area contributed by atoms with Crippen LogP contribution in [0.4, 0.5) is 15.3 Å². The van der Waals surface area contributed by atoms with E-state index in [-0.39, 0.29) is 18.0 Å². The molecule has 2 atom stereocenters. The number of hydrogen-bond donors (Lipinski definition) is 4. The second-order valence-electron chi connectivity index (χ2n) is 8.28. The van der Waals surface area contributed by atoms with Crippen LogP contribution in [0.15, 0.2) is 48.8 Å². The minimum atomic E-state index is -1.71. The molecule has 4 N–H and O–H groups in total. The SMILES string of the molecule is CC(C)(C)OC(=O)NC(CC(Oc1cnccc1NC(=O)OCc1ccccc1)C(=O)O)C(=O)O. The van der Waals surface area contributed by atoms with E-state index in [1.54, 1.807) is 45.0 Å². The smallest absolute Gasteiger partial charge is 0.412 e. The highest BCUT2D eigenvalue weighted by Crippen LogP contribution is 2.25. The molecule has 0 radical (unpaired) electrons. The summed E-state index contributed by atoms with van der Waals surface area (Å²) in [6.45, 7) is 4.77. The molecule has 0 fully saturated rings. The van der Waals surface area contributed by atoms with E-state index in [0.717, 1.165) is 11.8 Å². The van der Waals surface area contributed by atoms with Crippen molar-refractivity contribution in [3.8, 4) is 5.75 Å². The second-order valence-corrected chi connectivity index (χ2v) is 8.28. The Bertz CT molecular complexity index is 1040. The molecule has 0 aliphatic rings. The van der Waals surface area contributed by atoms with Crippen molar-refractivity contribution < 1.29 is 43.6 Å². The first-order chi connectivity index (χ1) is 16.4. The highest BCUT2D eigenvalue weighted by molar-refractivity contribution is 5.87. The zero-order valence-electron chi connectivity index (χ0n) is 19.4. The van der Waals surface area contributed by atoms with Crippen molar-refractivity contribution in [2.24, 2.45) is 0 Å². The molecule has 2 rings (SSSR count). The molecule has 12 heteroatoms. The molecule has 1 aromatic carbocycles. The predicted octanol–water partition coefficient (Wildman–Crippen LogP) is 3.03. The zero-order chi connectivity index (χ0) is 26.0. The van der Waals surface area contributed by atoms with Crippen LogP contribution in [0, 0.1) is 0 Å². The Labute approximate surface area is 201 Å². The summed E-state index contributed by atoms with van der Waals surface area (Å²) < 4.78 is 15.6. The van der Waals surface area contributed by atoms with Crippen LogP contribution in [0.2, 0.25) is 0 Å². The Balaban J connectivity index is 2.08.